The molecule has 6 heteroatoms. The number of nitrogens with zero attached hydrogens (tertiary/aromatic N) is 4. The number of aromatic amines is 1. The minimum atomic E-state index is 0. The van der Waals surface area contributed by atoms with Gasteiger partial charge in [0.05, 0.1) is 12.5 Å². The molecule has 0 aliphatic carbocycles. The highest BCUT2D eigenvalue weighted by Gasteiger charge is 1.98. The number of fused-ring (bicyclic) bond motifs is 1. The van der Waals surface area contributed by atoms with Crippen LogP contribution in [0.4, 0.5) is 0 Å². The van der Waals surface area contributed by atoms with Crippen LogP contribution in [-0.4, -0.2) is 19.9 Å². The Bertz CT molecular complexity index is 429. The fourth-order valence-corrected chi connectivity index (χ4v) is 0.790. The van der Waals surface area contributed by atoms with E-state index in [9.17, 15) is 0 Å². The van der Waals surface area contributed by atoms with Crippen LogP contribution in [0.2, 0.25) is 0 Å². The molecule has 0 radical (unpaired) electrons. The topological polar surface area (TPSA) is 78.2 Å². The summed E-state index contributed by atoms with van der Waals surface area (Å²) >= 11 is 0. The molecule has 60 valence electrons. The first-order valence-corrected chi connectivity index (χ1v) is 2.96. The number of hydrogen-bond donors (Lipinski definition) is 1. The van der Waals surface area contributed by atoms with Crippen molar-refractivity contribution in [2.45, 2.75) is 0 Å². The van der Waals surface area contributed by atoms with Crippen molar-refractivity contribution in [3.63, 3.8) is 0 Å². The predicted octanol–water partition coefficient (Wildman–Crippen LogP) is 0.646. The van der Waals surface area contributed by atoms with Gasteiger partial charge in [-0.3, -0.25) is 0 Å². The van der Waals surface area contributed by atoms with E-state index in [0.29, 0.717) is 5.65 Å². The summed E-state index contributed by atoms with van der Waals surface area (Å²) in [7, 11) is 0. The first-order chi connectivity index (χ1) is 5.40. The molecule has 2 heterocycles. The van der Waals surface area contributed by atoms with E-state index in [4.69, 9.17) is 5.26 Å². The number of nitriles is 1. The average Bonchev–Trinajstić information content (AvgIpc) is 2.50. The molecule has 2 rings (SSSR count). The van der Waals surface area contributed by atoms with Gasteiger partial charge in [0.1, 0.15) is 11.6 Å². The molecule has 0 amide bonds. The van der Waals surface area contributed by atoms with Crippen molar-refractivity contribution in [3.8, 4) is 6.07 Å². The predicted molar refractivity (Wildman–Crippen MR) is 43.6 cm³/mol. The molecular formula is C6H4ClN5. The van der Waals surface area contributed by atoms with E-state index >= 15 is 0 Å². The first kappa shape index (κ1) is 8.43. The van der Waals surface area contributed by atoms with Gasteiger partial charge in [-0.1, -0.05) is 0 Å². The highest BCUT2D eigenvalue weighted by Crippen LogP contribution is 2.02. The summed E-state index contributed by atoms with van der Waals surface area (Å²) in [6, 6.07) is 1.83. The van der Waals surface area contributed by atoms with Gasteiger partial charge in [-0.25, -0.2) is 9.97 Å². The van der Waals surface area contributed by atoms with Crippen molar-refractivity contribution in [1.29, 1.82) is 5.26 Å². The molecule has 0 saturated carbocycles. The lowest BCUT2D eigenvalue weighted by Gasteiger charge is -1.85. The zero-order valence-electron chi connectivity index (χ0n) is 5.85. The van der Waals surface area contributed by atoms with E-state index in [0.717, 1.165) is 5.52 Å². The summed E-state index contributed by atoms with van der Waals surface area (Å²) < 4.78 is 0. The van der Waals surface area contributed by atoms with E-state index in [1.807, 2.05) is 6.07 Å². The SMILES string of the molecule is Cl.N#Cc1ncc2[nH]cnc2n1. The summed E-state index contributed by atoms with van der Waals surface area (Å²) in [5, 5.41) is 8.42. The van der Waals surface area contributed by atoms with Crippen molar-refractivity contribution in [1.82, 2.24) is 19.9 Å². The minimum Gasteiger partial charge on any atom is -0.342 e. The number of hydrogen-bond acceptors (Lipinski definition) is 4. The summed E-state index contributed by atoms with van der Waals surface area (Å²) in [5.41, 5.74) is 1.26. The summed E-state index contributed by atoms with van der Waals surface area (Å²) in [6.45, 7) is 0. The summed E-state index contributed by atoms with van der Waals surface area (Å²) in [6.07, 6.45) is 3.05. The van der Waals surface area contributed by atoms with Gasteiger partial charge in [0.15, 0.2) is 5.65 Å². The molecule has 5 nitrogen and oxygen atoms in total. The van der Waals surface area contributed by atoms with E-state index < -0.39 is 0 Å². The van der Waals surface area contributed by atoms with Crippen LogP contribution < -0.4 is 0 Å². The van der Waals surface area contributed by atoms with Gasteiger partial charge in [-0.05, 0) is 0 Å². The Kier molecular flexibility index (Phi) is 2.21. The van der Waals surface area contributed by atoms with E-state index in [-0.39, 0.29) is 18.2 Å². The Balaban J connectivity index is 0.000000720. The number of imidazole rings is 1. The molecule has 2 aromatic heterocycles. The standard InChI is InChI=1S/C6H3N5.ClH/c7-1-5-8-2-4-6(11-5)10-3-9-4;/h2-3H,(H,8,9,10,11);1H. The fraction of sp³-hybridized carbons (Fsp3) is 0. The smallest absolute Gasteiger partial charge is 0.234 e. The van der Waals surface area contributed by atoms with Gasteiger partial charge in [-0.2, -0.15) is 10.2 Å². The molecular weight excluding hydrogens is 178 g/mol. The normalized spacial score (nSPS) is 8.92. The van der Waals surface area contributed by atoms with E-state index in [1.165, 1.54) is 12.5 Å². The van der Waals surface area contributed by atoms with Crippen LogP contribution in [0, 0.1) is 11.3 Å². The lowest BCUT2D eigenvalue weighted by molar-refractivity contribution is 1.14. The van der Waals surface area contributed by atoms with Crippen molar-refractivity contribution in [2.24, 2.45) is 0 Å². The molecule has 0 fully saturated rings. The lowest BCUT2D eigenvalue weighted by atomic mass is 10.5. The Morgan fingerprint density at radius 1 is 1.42 bits per heavy atom. The second kappa shape index (κ2) is 3.15. The maximum absolute atomic E-state index is 8.42. The highest BCUT2D eigenvalue weighted by molar-refractivity contribution is 5.85. The van der Waals surface area contributed by atoms with Gasteiger partial charge < -0.3 is 4.98 Å². The highest BCUT2D eigenvalue weighted by atomic mass is 35.5. The van der Waals surface area contributed by atoms with Crippen LogP contribution in [0.15, 0.2) is 12.5 Å². The zero-order chi connectivity index (χ0) is 7.68. The third-order valence-electron chi connectivity index (χ3n) is 1.28. The maximum Gasteiger partial charge on any atom is 0.234 e. The van der Waals surface area contributed by atoms with Gasteiger partial charge in [0.25, 0.3) is 0 Å². The Morgan fingerprint density at radius 2 is 2.25 bits per heavy atom. The van der Waals surface area contributed by atoms with E-state index in [2.05, 4.69) is 19.9 Å². The van der Waals surface area contributed by atoms with Crippen molar-refractivity contribution >= 4 is 23.6 Å². The molecule has 0 unspecified atom stereocenters. The number of halogens is 1. The Morgan fingerprint density at radius 3 is 3.00 bits per heavy atom. The Hall–Kier alpha value is -1.67. The fourth-order valence-electron chi connectivity index (χ4n) is 0.790. The van der Waals surface area contributed by atoms with Gasteiger partial charge >= 0.3 is 0 Å². The van der Waals surface area contributed by atoms with Crippen molar-refractivity contribution < 1.29 is 0 Å². The molecule has 0 spiro atoms. The monoisotopic (exact) mass is 181 g/mol. The number of H-pyrrole nitrogens is 1. The summed E-state index contributed by atoms with van der Waals surface area (Å²) in [5.74, 6) is 0.143. The largest absolute Gasteiger partial charge is 0.342 e. The van der Waals surface area contributed by atoms with Crippen LogP contribution in [0.3, 0.4) is 0 Å². The molecule has 0 bridgehead atoms. The zero-order valence-corrected chi connectivity index (χ0v) is 6.67. The lowest BCUT2D eigenvalue weighted by Crippen LogP contribution is -1.87. The summed E-state index contributed by atoms with van der Waals surface area (Å²) in [4.78, 5) is 14.3. The molecule has 2 aromatic rings. The quantitative estimate of drug-likeness (QED) is 0.647. The Labute approximate surface area is 73.9 Å². The number of rotatable bonds is 0. The molecule has 1 N–H and O–H groups in total. The first-order valence-electron chi connectivity index (χ1n) is 2.96. The number of aromatic nitrogens is 4. The van der Waals surface area contributed by atoms with Gasteiger partial charge in [-0.15, -0.1) is 12.4 Å². The third kappa shape index (κ3) is 1.20. The molecule has 0 aliphatic heterocycles. The van der Waals surface area contributed by atoms with Crippen LogP contribution in [0.25, 0.3) is 11.2 Å². The molecule has 0 aliphatic rings. The van der Waals surface area contributed by atoms with Crippen LogP contribution >= 0.6 is 12.4 Å². The number of nitrogens with one attached hydrogen (secondary N) is 1. The maximum atomic E-state index is 8.42. The van der Waals surface area contributed by atoms with Crippen LogP contribution in [0.5, 0.6) is 0 Å². The van der Waals surface area contributed by atoms with Crippen LogP contribution in [-0.2, 0) is 0 Å². The molecule has 0 atom stereocenters. The molecule has 0 saturated heterocycles. The van der Waals surface area contributed by atoms with Crippen molar-refractivity contribution in [3.05, 3.63) is 18.3 Å². The minimum absolute atomic E-state index is 0. The van der Waals surface area contributed by atoms with Gasteiger partial charge in [0.2, 0.25) is 5.82 Å². The van der Waals surface area contributed by atoms with Crippen LogP contribution in [0.1, 0.15) is 5.82 Å². The molecule has 0 aromatic carbocycles. The van der Waals surface area contributed by atoms with Gasteiger partial charge in [0, 0.05) is 0 Å². The average molecular weight is 182 g/mol. The third-order valence-corrected chi connectivity index (χ3v) is 1.28. The van der Waals surface area contributed by atoms with E-state index in [1.54, 1.807) is 0 Å². The molecule has 12 heavy (non-hydrogen) atoms. The second-order valence-electron chi connectivity index (χ2n) is 1.95. The van der Waals surface area contributed by atoms with Crippen molar-refractivity contribution in [2.75, 3.05) is 0 Å². The second-order valence-corrected chi connectivity index (χ2v) is 1.95.